The zero-order valence-electron chi connectivity index (χ0n) is 16.6. The van der Waals surface area contributed by atoms with Crippen LogP contribution in [0.4, 0.5) is 0 Å². The Hall–Kier alpha value is -2.51. The van der Waals surface area contributed by atoms with E-state index in [-0.39, 0.29) is 18.5 Å². The minimum Gasteiger partial charge on any atom is -0.452 e. The van der Waals surface area contributed by atoms with Crippen molar-refractivity contribution >= 4 is 41.1 Å². The van der Waals surface area contributed by atoms with Crippen molar-refractivity contribution in [2.45, 2.75) is 29.5 Å². The Bertz CT molecular complexity index is 898. The topological polar surface area (TPSA) is 75.7 Å². The summed E-state index contributed by atoms with van der Waals surface area (Å²) in [7, 11) is 1.51. The Morgan fingerprint density at radius 1 is 1.10 bits per heavy atom. The molecule has 0 aliphatic heterocycles. The van der Waals surface area contributed by atoms with E-state index in [4.69, 9.17) is 16.3 Å². The molecule has 2 aromatic carbocycles. The molecule has 1 aliphatic rings. The van der Waals surface area contributed by atoms with E-state index in [1.807, 2.05) is 36.4 Å². The van der Waals surface area contributed by atoms with Crippen LogP contribution in [-0.4, -0.2) is 48.9 Å². The van der Waals surface area contributed by atoms with Crippen LogP contribution in [0.2, 0.25) is 5.02 Å². The fourth-order valence-corrected chi connectivity index (χ4v) is 3.54. The molecule has 0 unspecified atom stereocenters. The van der Waals surface area contributed by atoms with Crippen molar-refractivity contribution < 1.29 is 19.1 Å². The Kier molecular flexibility index (Phi) is 7.76. The van der Waals surface area contributed by atoms with Gasteiger partial charge in [-0.05, 0) is 54.8 Å². The molecular weight excluding hydrogens is 424 g/mol. The minimum atomic E-state index is -0.573. The monoisotopic (exact) mass is 446 g/mol. The van der Waals surface area contributed by atoms with E-state index < -0.39 is 18.5 Å². The number of ether oxygens (including phenoxy) is 1. The highest BCUT2D eigenvalue weighted by Crippen LogP contribution is 2.24. The highest BCUT2D eigenvalue weighted by atomic mass is 35.5. The molecule has 2 amide bonds. The van der Waals surface area contributed by atoms with Crippen molar-refractivity contribution in [2.75, 3.05) is 20.2 Å². The second-order valence-electron chi connectivity index (χ2n) is 7.11. The third kappa shape index (κ3) is 7.07. The summed E-state index contributed by atoms with van der Waals surface area (Å²) in [6, 6.07) is 14.9. The van der Waals surface area contributed by atoms with Gasteiger partial charge in [0.25, 0.3) is 5.91 Å². The van der Waals surface area contributed by atoms with Gasteiger partial charge in [0.1, 0.15) is 0 Å². The summed E-state index contributed by atoms with van der Waals surface area (Å²) in [6.07, 6.45) is 1.97. The van der Waals surface area contributed by atoms with E-state index in [2.05, 4.69) is 5.32 Å². The maximum atomic E-state index is 12.2. The van der Waals surface area contributed by atoms with Gasteiger partial charge < -0.3 is 15.0 Å². The van der Waals surface area contributed by atoms with Gasteiger partial charge in [0.2, 0.25) is 5.91 Å². The van der Waals surface area contributed by atoms with Gasteiger partial charge in [-0.1, -0.05) is 23.7 Å². The summed E-state index contributed by atoms with van der Waals surface area (Å²) >= 11 is 7.55. The van der Waals surface area contributed by atoms with E-state index in [1.165, 1.54) is 11.9 Å². The number of nitrogens with zero attached hydrogens (tertiary/aromatic N) is 1. The molecule has 8 heteroatoms. The molecule has 1 saturated carbocycles. The van der Waals surface area contributed by atoms with Gasteiger partial charge in [-0.15, -0.1) is 11.8 Å². The van der Waals surface area contributed by atoms with E-state index in [0.29, 0.717) is 10.6 Å². The number of esters is 1. The number of thioether (sulfide) groups is 1. The van der Waals surface area contributed by atoms with E-state index in [0.717, 1.165) is 29.1 Å². The van der Waals surface area contributed by atoms with Crippen molar-refractivity contribution in [2.24, 2.45) is 0 Å². The van der Waals surface area contributed by atoms with Crippen LogP contribution < -0.4 is 5.32 Å². The first-order chi connectivity index (χ1) is 14.4. The zero-order chi connectivity index (χ0) is 21.5. The van der Waals surface area contributed by atoms with Crippen LogP contribution in [0, 0.1) is 0 Å². The molecule has 0 heterocycles. The number of rotatable bonds is 9. The smallest absolute Gasteiger partial charge is 0.338 e. The lowest BCUT2D eigenvalue weighted by Crippen LogP contribution is -2.40. The molecule has 30 heavy (non-hydrogen) atoms. The lowest BCUT2D eigenvalue weighted by atomic mass is 10.1. The highest BCUT2D eigenvalue weighted by molar-refractivity contribution is 7.98. The summed E-state index contributed by atoms with van der Waals surface area (Å²) < 4.78 is 5.09. The van der Waals surface area contributed by atoms with E-state index >= 15 is 0 Å². The van der Waals surface area contributed by atoms with Crippen molar-refractivity contribution in [1.82, 2.24) is 10.2 Å². The quantitative estimate of drug-likeness (QED) is 0.471. The molecule has 1 aliphatic carbocycles. The van der Waals surface area contributed by atoms with Gasteiger partial charge in [0, 0.05) is 28.8 Å². The van der Waals surface area contributed by atoms with Gasteiger partial charge in [-0.25, -0.2) is 4.79 Å². The van der Waals surface area contributed by atoms with Gasteiger partial charge in [-0.2, -0.15) is 0 Å². The highest BCUT2D eigenvalue weighted by Gasteiger charge is 2.24. The molecule has 0 radical (unpaired) electrons. The van der Waals surface area contributed by atoms with Crippen molar-refractivity contribution in [3.8, 4) is 0 Å². The molecule has 0 aromatic heterocycles. The molecule has 0 spiro atoms. The van der Waals surface area contributed by atoms with Crippen LogP contribution in [-0.2, 0) is 20.1 Å². The lowest BCUT2D eigenvalue weighted by molar-refractivity contribution is -0.137. The van der Waals surface area contributed by atoms with Gasteiger partial charge in [0.15, 0.2) is 6.61 Å². The van der Waals surface area contributed by atoms with Crippen molar-refractivity contribution in [1.29, 1.82) is 0 Å². The van der Waals surface area contributed by atoms with E-state index in [1.54, 1.807) is 23.9 Å². The van der Waals surface area contributed by atoms with Crippen molar-refractivity contribution in [3.05, 3.63) is 64.7 Å². The number of nitrogens with one attached hydrogen (secondary N) is 1. The predicted octanol–water partition coefficient (Wildman–Crippen LogP) is 3.53. The molecule has 1 fully saturated rings. The minimum absolute atomic E-state index is 0.0487. The Labute approximate surface area is 184 Å². The number of amides is 2. The normalized spacial score (nSPS) is 12.9. The molecule has 6 nitrogen and oxygen atoms in total. The number of hydrogen-bond acceptors (Lipinski definition) is 5. The molecule has 2 aromatic rings. The van der Waals surface area contributed by atoms with Crippen LogP contribution in [0.3, 0.4) is 0 Å². The molecule has 0 saturated heterocycles. The number of carbonyl (C=O) groups is 3. The summed E-state index contributed by atoms with van der Waals surface area (Å²) in [6.45, 7) is -0.451. The Morgan fingerprint density at radius 3 is 2.40 bits per heavy atom. The number of halogens is 1. The average molecular weight is 447 g/mol. The first-order valence-electron chi connectivity index (χ1n) is 9.58. The SMILES string of the molecule is CN(CC(=O)NC1CC1)C(=O)COC(=O)c1ccc(CSc2ccc(Cl)cc2)cc1. The summed E-state index contributed by atoms with van der Waals surface area (Å²) in [5.41, 5.74) is 1.43. The van der Waals surface area contributed by atoms with Crippen LogP contribution in [0.15, 0.2) is 53.4 Å². The summed E-state index contributed by atoms with van der Waals surface area (Å²) in [5.74, 6) is -0.448. The predicted molar refractivity (Wildman–Crippen MR) is 117 cm³/mol. The summed E-state index contributed by atoms with van der Waals surface area (Å²) in [4.78, 5) is 38.3. The Balaban J connectivity index is 1.41. The summed E-state index contributed by atoms with van der Waals surface area (Å²) in [5, 5.41) is 3.51. The number of hydrogen-bond donors (Lipinski definition) is 1. The van der Waals surface area contributed by atoms with Gasteiger partial charge >= 0.3 is 5.97 Å². The number of benzene rings is 2. The van der Waals surface area contributed by atoms with Gasteiger partial charge in [0.05, 0.1) is 12.1 Å². The third-order valence-electron chi connectivity index (χ3n) is 4.48. The van der Waals surface area contributed by atoms with Crippen molar-refractivity contribution in [3.63, 3.8) is 0 Å². The van der Waals surface area contributed by atoms with E-state index in [9.17, 15) is 14.4 Å². The molecule has 1 N–H and O–H groups in total. The number of likely N-dealkylation sites (N-methyl/N-ethyl adjacent to an activating group) is 1. The second kappa shape index (κ2) is 10.5. The molecule has 0 bridgehead atoms. The maximum absolute atomic E-state index is 12.2. The third-order valence-corrected chi connectivity index (χ3v) is 5.82. The molecule has 158 valence electrons. The van der Waals surface area contributed by atoms with Crippen LogP contribution in [0.25, 0.3) is 0 Å². The van der Waals surface area contributed by atoms with Crippen LogP contribution in [0.5, 0.6) is 0 Å². The maximum Gasteiger partial charge on any atom is 0.338 e. The first kappa shape index (κ1) is 22.2. The average Bonchev–Trinajstić information content (AvgIpc) is 3.55. The molecular formula is C22H23ClN2O4S. The standard InChI is InChI=1S/C22H23ClN2O4S/c1-25(12-20(26)24-18-8-9-18)21(27)13-29-22(28)16-4-2-15(3-5-16)14-30-19-10-6-17(23)7-11-19/h2-7,10-11,18H,8-9,12-14H2,1H3,(H,24,26). The molecule has 3 rings (SSSR count). The molecule has 0 atom stereocenters. The van der Waals surface area contributed by atoms with Crippen LogP contribution >= 0.6 is 23.4 Å². The fraction of sp³-hybridized carbons (Fsp3) is 0.318. The van der Waals surface area contributed by atoms with Crippen LogP contribution in [0.1, 0.15) is 28.8 Å². The fourth-order valence-electron chi connectivity index (χ4n) is 2.56. The lowest BCUT2D eigenvalue weighted by Gasteiger charge is -2.16. The second-order valence-corrected chi connectivity index (χ2v) is 8.59. The number of carbonyl (C=O) groups excluding carboxylic acids is 3. The largest absolute Gasteiger partial charge is 0.452 e. The Morgan fingerprint density at radius 2 is 1.77 bits per heavy atom. The zero-order valence-corrected chi connectivity index (χ0v) is 18.2. The van der Waals surface area contributed by atoms with Gasteiger partial charge in [-0.3, -0.25) is 9.59 Å². The first-order valence-corrected chi connectivity index (χ1v) is 10.9.